The lowest BCUT2D eigenvalue weighted by atomic mass is 9.55. The molecule has 21 heavy (non-hydrogen) atoms. The van der Waals surface area contributed by atoms with Gasteiger partial charge >= 0.3 is 5.97 Å². The highest BCUT2D eigenvalue weighted by molar-refractivity contribution is 5.70. The zero-order valence-electron chi connectivity index (χ0n) is 13.6. The molecule has 1 N–H and O–H groups in total. The van der Waals surface area contributed by atoms with E-state index in [4.69, 9.17) is 0 Å². The monoisotopic (exact) mass is 292 g/mol. The Balaban J connectivity index is 1.57. The van der Waals surface area contributed by atoms with Crippen LogP contribution in [-0.2, 0) is 4.79 Å². The molecule has 0 radical (unpaired) electrons. The Morgan fingerprint density at radius 2 is 1.62 bits per heavy atom. The van der Waals surface area contributed by atoms with Gasteiger partial charge in [0.1, 0.15) is 0 Å². The first-order valence-electron chi connectivity index (χ1n) is 9.41. The van der Waals surface area contributed by atoms with Crippen molar-refractivity contribution in [1.29, 1.82) is 0 Å². The van der Waals surface area contributed by atoms with Gasteiger partial charge in [0.2, 0.25) is 0 Å². The maximum atomic E-state index is 11.3. The van der Waals surface area contributed by atoms with Crippen LogP contribution >= 0.6 is 0 Å². The predicted molar refractivity (Wildman–Crippen MR) is 85.0 cm³/mol. The van der Waals surface area contributed by atoms with E-state index in [1.807, 2.05) is 0 Å². The van der Waals surface area contributed by atoms with Crippen molar-refractivity contribution in [3.8, 4) is 0 Å². The molecule has 3 fully saturated rings. The number of rotatable bonds is 4. The molecule has 6 atom stereocenters. The van der Waals surface area contributed by atoms with Crippen molar-refractivity contribution < 1.29 is 9.90 Å². The van der Waals surface area contributed by atoms with E-state index in [1.54, 1.807) is 0 Å². The van der Waals surface area contributed by atoms with Gasteiger partial charge in [-0.05, 0) is 74.5 Å². The van der Waals surface area contributed by atoms with Gasteiger partial charge in [0.25, 0.3) is 0 Å². The van der Waals surface area contributed by atoms with Gasteiger partial charge in [-0.1, -0.05) is 32.6 Å². The molecule has 120 valence electrons. The minimum atomic E-state index is -0.543. The molecule has 0 aromatic rings. The first-order chi connectivity index (χ1) is 10.2. The molecule has 0 aromatic heterocycles. The zero-order chi connectivity index (χ0) is 14.8. The third-order valence-electron chi connectivity index (χ3n) is 6.96. The molecule has 0 spiro atoms. The normalized spacial score (nSPS) is 42.9. The Labute approximate surface area is 129 Å². The van der Waals surface area contributed by atoms with E-state index in [-0.39, 0.29) is 5.92 Å². The molecule has 3 aliphatic rings. The highest BCUT2D eigenvalue weighted by Gasteiger charge is 2.45. The first kappa shape index (κ1) is 15.4. The molecule has 2 nitrogen and oxygen atoms in total. The molecule has 0 aliphatic heterocycles. The molecule has 3 saturated carbocycles. The Kier molecular flexibility index (Phi) is 4.91. The second-order valence-electron chi connectivity index (χ2n) is 8.09. The summed E-state index contributed by atoms with van der Waals surface area (Å²) in [6.45, 7) is 2.30. The van der Waals surface area contributed by atoms with Crippen LogP contribution in [0.4, 0.5) is 0 Å². The van der Waals surface area contributed by atoms with Crippen LogP contribution in [0.3, 0.4) is 0 Å². The third-order valence-corrected chi connectivity index (χ3v) is 6.96. The highest BCUT2D eigenvalue weighted by Crippen LogP contribution is 2.53. The summed E-state index contributed by atoms with van der Waals surface area (Å²) in [5.74, 6) is 3.93. The number of carbonyl (C=O) groups is 1. The van der Waals surface area contributed by atoms with Gasteiger partial charge in [0, 0.05) is 0 Å². The quantitative estimate of drug-likeness (QED) is 0.780. The van der Waals surface area contributed by atoms with Crippen LogP contribution in [0.15, 0.2) is 0 Å². The summed E-state index contributed by atoms with van der Waals surface area (Å²) >= 11 is 0. The minimum absolute atomic E-state index is 0.0382. The van der Waals surface area contributed by atoms with Crippen molar-refractivity contribution in [2.75, 3.05) is 0 Å². The molecule has 0 heterocycles. The van der Waals surface area contributed by atoms with E-state index in [9.17, 15) is 9.90 Å². The van der Waals surface area contributed by atoms with Gasteiger partial charge < -0.3 is 5.11 Å². The largest absolute Gasteiger partial charge is 0.481 e. The zero-order valence-corrected chi connectivity index (χ0v) is 13.6. The minimum Gasteiger partial charge on any atom is -0.481 e. The van der Waals surface area contributed by atoms with E-state index in [2.05, 4.69) is 6.92 Å². The number of carboxylic acid groups (broad SMARTS) is 1. The highest BCUT2D eigenvalue weighted by atomic mass is 16.4. The smallest absolute Gasteiger partial charge is 0.306 e. The SMILES string of the molecule is CCCCC1CCC2C(CCC3CC(C(=O)O)CCC32)C1. The third kappa shape index (κ3) is 3.29. The van der Waals surface area contributed by atoms with Crippen LogP contribution in [0.5, 0.6) is 0 Å². The van der Waals surface area contributed by atoms with Gasteiger partial charge in [0.05, 0.1) is 5.92 Å². The van der Waals surface area contributed by atoms with Gasteiger partial charge in [-0.25, -0.2) is 0 Å². The van der Waals surface area contributed by atoms with Gasteiger partial charge in [0.15, 0.2) is 0 Å². The van der Waals surface area contributed by atoms with E-state index in [1.165, 1.54) is 57.8 Å². The summed E-state index contributed by atoms with van der Waals surface area (Å²) in [6.07, 6.45) is 14.4. The van der Waals surface area contributed by atoms with E-state index < -0.39 is 5.97 Å². The lowest BCUT2D eigenvalue weighted by molar-refractivity contribution is -0.145. The lowest BCUT2D eigenvalue weighted by Gasteiger charge is -2.50. The van der Waals surface area contributed by atoms with Crippen LogP contribution in [0.25, 0.3) is 0 Å². The Morgan fingerprint density at radius 3 is 2.29 bits per heavy atom. The Hall–Kier alpha value is -0.530. The van der Waals surface area contributed by atoms with E-state index in [0.29, 0.717) is 0 Å². The number of unbranched alkanes of at least 4 members (excludes halogenated alkanes) is 1. The second-order valence-corrected chi connectivity index (χ2v) is 8.09. The van der Waals surface area contributed by atoms with Crippen LogP contribution in [0.1, 0.15) is 77.6 Å². The van der Waals surface area contributed by atoms with Gasteiger partial charge in [-0.3, -0.25) is 4.79 Å². The van der Waals surface area contributed by atoms with Crippen molar-refractivity contribution in [2.24, 2.45) is 35.5 Å². The Morgan fingerprint density at radius 1 is 0.952 bits per heavy atom. The number of aliphatic carboxylic acids is 1. The van der Waals surface area contributed by atoms with Crippen molar-refractivity contribution in [3.63, 3.8) is 0 Å². The topological polar surface area (TPSA) is 37.3 Å². The average molecular weight is 292 g/mol. The molecular weight excluding hydrogens is 260 g/mol. The van der Waals surface area contributed by atoms with Crippen LogP contribution in [0, 0.1) is 35.5 Å². The maximum absolute atomic E-state index is 11.3. The molecule has 0 bridgehead atoms. The van der Waals surface area contributed by atoms with E-state index >= 15 is 0 Å². The summed E-state index contributed by atoms with van der Waals surface area (Å²) in [5.41, 5.74) is 0. The Bertz CT molecular complexity index is 365. The van der Waals surface area contributed by atoms with Crippen molar-refractivity contribution >= 4 is 5.97 Å². The molecule has 3 rings (SSSR count). The van der Waals surface area contributed by atoms with Crippen molar-refractivity contribution in [3.05, 3.63) is 0 Å². The molecule has 0 amide bonds. The molecular formula is C19H32O2. The summed E-state index contributed by atoms with van der Waals surface area (Å²) < 4.78 is 0. The second kappa shape index (κ2) is 6.71. The molecule has 2 heteroatoms. The van der Waals surface area contributed by atoms with Crippen LogP contribution in [0.2, 0.25) is 0 Å². The fourth-order valence-corrected chi connectivity index (χ4v) is 5.87. The van der Waals surface area contributed by atoms with Crippen LogP contribution < -0.4 is 0 Å². The standard InChI is InChI=1S/C19H32O2/c1-2-3-4-13-5-9-17-14(11-13)6-7-15-12-16(19(20)21)8-10-18(15)17/h13-18H,2-12H2,1H3,(H,20,21). The van der Waals surface area contributed by atoms with Crippen LogP contribution in [-0.4, -0.2) is 11.1 Å². The molecule has 0 saturated heterocycles. The fourth-order valence-electron chi connectivity index (χ4n) is 5.87. The van der Waals surface area contributed by atoms with Crippen molar-refractivity contribution in [1.82, 2.24) is 0 Å². The summed E-state index contributed by atoms with van der Waals surface area (Å²) in [6, 6.07) is 0. The molecule has 0 aromatic carbocycles. The van der Waals surface area contributed by atoms with Crippen molar-refractivity contribution in [2.45, 2.75) is 77.6 Å². The number of hydrogen-bond donors (Lipinski definition) is 1. The average Bonchev–Trinajstić information content (AvgIpc) is 2.51. The number of hydrogen-bond acceptors (Lipinski definition) is 1. The molecule has 3 aliphatic carbocycles. The van der Waals surface area contributed by atoms with E-state index in [0.717, 1.165) is 42.4 Å². The predicted octanol–water partition coefficient (Wildman–Crippen LogP) is 5.12. The number of fused-ring (bicyclic) bond motifs is 3. The molecule has 6 unspecified atom stereocenters. The maximum Gasteiger partial charge on any atom is 0.306 e. The van der Waals surface area contributed by atoms with Gasteiger partial charge in [-0.15, -0.1) is 0 Å². The fraction of sp³-hybridized carbons (Fsp3) is 0.947. The number of carboxylic acids is 1. The summed E-state index contributed by atoms with van der Waals surface area (Å²) in [5, 5.41) is 9.28. The lowest BCUT2D eigenvalue weighted by Crippen LogP contribution is -2.42. The first-order valence-corrected chi connectivity index (χ1v) is 9.41. The summed E-state index contributed by atoms with van der Waals surface area (Å²) in [7, 11) is 0. The van der Waals surface area contributed by atoms with Gasteiger partial charge in [-0.2, -0.15) is 0 Å². The summed E-state index contributed by atoms with van der Waals surface area (Å²) in [4.78, 5) is 11.3.